The monoisotopic (exact) mass is 220 g/mol. The van der Waals surface area contributed by atoms with Gasteiger partial charge >= 0.3 is 0 Å². The molecule has 0 aliphatic carbocycles. The predicted molar refractivity (Wildman–Crippen MR) is 65.1 cm³/mol. The van der Waals surface area contributed by atoms with Crippen molar-refractivity contribution in [1.82, 2.24) is 0 Å². The van der Waals surface area contributed by atoms with Gasteiger partial charge in [0.2, 0.25) is 0 Å². The van der Waals surface area contributed by atoms with Crippen molar-refractivity contribution in [3.05, 3.63) is 28.8 Å². The summed E-state index contributed by atoms with van der Waals surface area (Å²) in [7, 11) is 0. The summed E-state index contributed by atoms with van der Waals surface area (Å²) < 4.78 is 11.3. The zero-order valence-corrected chi connectivity index (χ0v) is 10.4. The molecule has 0 radical (unpaired) electrons. The van der Waals surface area contributed by atoms with Gasteiger partial charge in [-0.25, -0.2) is 0 Å². The first-order chi connectivity index (χ1) is 7.66. The maximum atomic E-state index is 5.99. The van der Waals surface area contributed by atoms with Crippen molar-refractivity contribution in [1.29, 1.82) is 0 Å². The van der Waals surface area contributed by atoms with Crippen LogP contribution in [0.3, 0.4) is 0 Å². The van der Waals surface area contributed by atoms with Crippen LogP contribution in [0.1, 0.15) is 29.5 Å². The Hall–Kier alpha value is -1.02. The highest BCUT2D eigenvalue weighted by molar-refractivity contribution is 5.40. The quantitative estimate of drug-likeness (QED) is 0.762. The fourth-order valence-electron chi connectivity index (χ4n) is 2.05. The van der Waals surface area contributed by atoms with Gasteiger partial charge in [0.25, 0.3) is 0 Å². The largest absolute Gasteiger partial charge is 0.490 e. The molecule has 0 aromatic heterocycles. The van der Waals surface area contributed by atoms with E-state index in [0.29, 0.717) is 6.10 Å². The van der Waals surface area contributed by atoms with Crippen molar-refractivity contribution < 1.29 is 9.47 Å². The first kappa shape index (κ1) is 11.5. The van der Waals surface area contributed by atoms with Crippen LogP contribution in [0.15, 0.2) is 12.1 Å². The molecule has 16 heavy (non-hydrogen) atoms. The summed E-state index contributed by atoms with van der Waals surface area (Å²) in [5, 5.41) is 0. The Kier molecular flexibility index (Phi) is 3.49. The van der Waals surface area contributed by atoms with Crippen molar-refractivity contribution in [2.75, 3.05) is 13.2 Å². The second-order valence-corrected chi connectivity index (χ2v) is 4.61. The molecule has 2 heteroatoms. The first-order valence-electron chi connectivity index (χ1n) is 5.99. The van der Waals surface area contributed by atoms with Gasteiger partial charge in [-0.15, -0.1) is 0 Å². The molecule has 0 atom stereocenters. The minimum Gasteiger partial charge on any atom is -0.490 e. The Bertz CT molecular complexity index is 342. The van der Waals surface area contributed by atoms with E-state index in [1.807, 2.05) is 0 Å². The minimum absolute atomic E-state index is 0.329. The van der Waals surface area contributed by atoms with E-state index in [1.54, 1.807) is 0 Å². The van der Waals surface area contributed by atoms with E-state index in [4.69, 9.17) is 9.47 Å². The smallest absolute Gasteiger partial charge is 0.120 e. The number of ether oxygens (including phenoxy) is 2. The van der Waals surface area contributed by atoms with Crippen LogP contribution in [-0.4, -0.2) is 19.3 Å². The molecule has 0 saturated carbocycles. The predicted octanol–water partition coefficient (Wildman–Crippen LogP) is 3.17. The maximum absolute atomic E-state index is 5.99. The van der Waals surface area contributed by atoms with Crippen LogP contribution in [0.4, 0.5) is 0 Å². The van der Waals surface area contributed by atoms with Gasteiger partial charge in [-0.05, 0) is 49.6 Å². The number of benzene rings is 1. The van der Waals surface area contributed by atoms with Gasteiger partial charge in [-0.2, -0.15) is 0 Å². The highest BCUT2D eigenvalue weighted by Gasteiger charge is 2.15. The van der Waals surface area contributed by atoms with Crippen LogP contribution in [-0.2, 0) is 4.74 Å². The van der Waals surface area contributed by atoms with Crippen LogP contribution in [0.25, 0.3) is 0 Å². The molecule has 0 unspecified atom stereocenters. The van der Waals surface area contributed by atoms with Gasteiger partial charge in [-0.3, -0.25) is 0 Å². The first-order valence-corrected chi connectivity index (χ1v) is 5.99. The zero-order chi connectivity index (χ0) is 11.5. The molecule has 88 valence electrons. The van der Waals surface area contributed by atoms with Crippen LogP contribution in [0, 0.1) is 20.8 Å². The van der Waals surface area contributed by atoms with Crippen molar-refractivity contribution in [3.8, 4) is 5.75 Å². The van der Waals surface area contributed by atoms with E-state index < -0.39 is 0 Å². The molecule has 1 fully saturated rings. The summed E-state index contributed by atoms with van der Waals surface area (Å²) in [6, 6.07) is 4.27. The van der Waals surface area contributed by atoms with Crippen molar-refractivity contribution in [2.24, 2.45) is 0 Å². The van der Waals surface area contributed by atoms with Crippen LogP contribution in [0.2, 0.25) is 0 Å². The van der Waals surface area contributed by atoms with Crippen LogP contribution >= 0.6 is 0 Å². The molecular weight excluding hydrogens is 200 g/mol. The number of rotatable bonds is 2. The fourth-order valence-corrected chi connectivity index (χ4v) is 2.05. The molecule has 0 N–H and O–H groups in total. The third-order valence-corrected chi connectivity index (χ3v) is 3.37. The summed E-state index contributed by atoms with van der Waals surface area (Å²) in [5.41, 5.74) is 3.98. The number of hydrogen-bond acceptors (Lipinski definition) is 2. The second-order valence-electron chi connectivity index (χ2n) is 4.61. The molecule has 0 amide bonds. The Balaban J connectivity index is 2.09. The average molecular weight is 220 g/mol. The SMILES string of the molecule is Cc1cc(OC2CCOCC2)cc(C)c1C. The van der Waals surface area contributed by atoms with E-state index in [9.17, 15) is 0 Å². The summed E-state index contributed by atoms with van der Waals surface area (Å²) in [6.07, 6.45) is 2.34. The van der Waals surface area contributed by atoms with Gasteiger partial charge < -0.3 is 9.47 Å². The summed E-state index contributed by atoms with van der Waals surface area (Å²) in [4.78, 5) is 0. The Morgan fingerprint density at radius 3 is 2.19 bits per heavy atom. The highest BCUT2D eigenvalue weighted by Crippen LogP contribution is 2.23. The fraction of sp³-hybridized carbons (Fsp3) is 0.571. The molecule has 1 saturated heterocycles. The Morgan fingerprint density at radius 2 is 1.62 bits per heavy atom. The maximum Gasteiger partial charge on any atom is 0.120 e. The van der Waals surface area contributed by atoms with E-state index in [-0.39, 0.29) is 0 Å². The third kappa shape index (κ3) is 2.56. The lowest BCUT2D eigenvalue weighted by molar-refractivity contribution is 0.0255. The van der Waals surface area contributed by atoms with Crippen LogP contribution in [0.5, 0.6) is 5.75 Å². The minimum atomic E-state index is 0.329. The topological polar surface area (TPSA) is 18.5 Å². The van der Waals surface area contributed by atoms with Gasteiger partial charge in [-0.1, -0.05) is 0 Å². The molecule has 1 heterocycles. The van der Waals surface area contributed by atoms with Gasteiger partial charge in [0.05, 0.1) is 13.2 Å². The van der Waals surface area contributed by atoms with E-state index in [1.165, 1.54) is 16.7 Å². The molecule has 0 bridgehead atoms. The lowest BCUT2D eigenvalue weighted by Crippen LogP contribution is -2.25. The molecule has 1 aliphatic heterocycles. The molecule has 1 aromatic carbocycles. The Labute approximate surface area is 97.6 Å². The highest BCUT2D eigenvalue weighted by atomic mass is 16.5. The molecule has 1 aliphatic rings. The molecule has 2 nitrogen and oxygen atoms in total. The summed E-state index contributed by atoms with van der Waals surface area (Å²) in [5.74, 6) is 1.01. The molecule has 1 aromatic rings. The summed E-state index contributed by atoms with van der Waals surface area (Å²) in [6.45, 7) is 8.09. The van der Waals surface area contributed by atoms with Crippen molar-refractivity contribution >= 4 is 0 Å². The molecule has 0 spiro atoms. The normalized spacial score (nSPS) is 17.4. The average Bonchev–Trinajstić information content (AvgIpc) is 2.27. The lowest BCUT2D eigenvalue weighted by atomic mass is 10.0. The van der Waals surface area contributed by atoms with Gasteiger partial charge in [0.1, 0.15) is 11.9 Å². The number of hydrogen-bond donors (Lipinski definition) is 0. The molecular formula is C14H20O2. The van der Waals surface area contributed by atoms with Crippen molar-refractivity contribution in [2.45, 2.75) is 39.7 Å². The van der Waals surface area contributed by atoms with E-state index in [0.717, 1.165) is 31.8 Å². The van der Waals surface area contributed by atoms with E-state index in [2.05, 4.69) is 32.9 Å². The zero-order valence-electron chi connectivity index (χ0n) is 10.4. The standard InChI is InChI=1S/C14H20O2/c1-10-8-14(9-11(2)12(10)3)16-13-4-6-15-7-5-13/h8-9,13H,4-7H2,1-3H3. The second kappa shape index (κ2) is 4.88. The van der Waals surface area contributed by atoms with Crippen molar-refractivity contribution in [3.63, 3.8) is 0 Å². The van der Waals surface area contributed by atoms with E-state index >= 15 is 0 Å². The molecule has 2 rings (SSSR count). The van der Waals surface area contributed by atoms with Crippen LogP contribution < -0.4 is 4.74 Å². The van der Waals surface area contributed by atoms with Gasteiger partial charge in [0.15, 0.2) is 0 Å². The number of aryl methyl sites for hydroxylation is 2. The third-order valence-electron chi connectivity index (χ3n) is 3.37. The lowest BCUT2D eigenvalue weighted by Gasteiger charge is -2.24. The summed E-state index contributed by atoms with van der Waals surface area (Å²) >= 11 is 0. The van der Waals surface area contributed by atoms with Gasteiger partial charge in [0, 0.05) is 12.8 Å². The Morgan fingerprint density at radius 1 is 1.06 bits per heavy atom.